The number of aromatic nitrogens is 2. The molecule has 10 aromatic rings. The number of nitrogens with zero attached hydrogens (tertiary/aromatic N) is 2. The first kappa shape index (κ1) is 40.3. The molecule has 0 aliphatic carbocycles. The van der Waals surface area contributed by atoms with Gasteiger partial charge in [0.15, 0.2) is 0 Å². The highest BCUT2D eigenvalue weighted by atomic mass is 32.1. The van der Waals surface area contributed by atoms with Gasteiger partial charge in [-0.3, -0.25) is 0 Å². The third kappa shape index (κ3) is 8.36. The molecule has 0 saturated carbocycles. The maximum atomic E-state index is 5.28. The number of hydrogen-bond donors (Lipinski definition) is 1. The molecule has 3 heterocycles. The van der Waals surface area contributed by atoms with Crippen LogP contribution in [-0.4, -0.2) is 9.55 Å². The van der Waals surface area contributed by atoms with Crippen molar-refractivity contribution in [3.63, 3.8) is 0 Å². The highest BCUT2D eigenvalue weighted by Crippen LogP contribution is 2.45. The Hall–Kier alpha value is -7.53. The summed E-state index contributed by atoms with van der Waals surface area (Å²) < 4.78 is 5.01. The molecule has 4 heteroatoms. The Bertz CT molecular complexity index is 3110. The van der Waals surface area contributed by atoms with E-state index >= 15 is 0 Å². The van der Waals surface area contributed by atoms with Gasteiger partial charge in [0, 0.05) is 54.4 Å². The molecule has 0 radical (unpaired) electrons. The minimum Gasteiger partial charge on any atom is -0.355 e. The SMILES string of the molecule is C=C/C=C\C.C=CC.C=Cc1cc2c(cc1Nc1ccccc1)c1ccc3c4ccccc4sc3c1n2-c1cccc(-c2cc(-c3ccccc3)cc(-c3ccccc3)n2)c1. The van der Waals surface area contributed by atoms with Crippen molar-refractivity contribution in [1.82, 2.24) is 9.55 Å². The Morgan fingerprint density at radius 2 is 1.18 bits per heavy atom. The quantitative estimate of drug-likeness (QED) is 0.122. The Morgan fingerprint density at radius 1 is 0.557 bits per heavy atom. The Labute approximate surface area is 362 Å². The van der Waals surface area contributed by atoms with Crippen molar-refractivity contribution in [2.24, 2.45) is 0 Å². The lowest BCUT2D eigenvalue weighted by Crippen LogP contribution is -1.97. The van der Waals surface area contributed by atoms with E-state index in [0.29, 0.717) is 0 Å². The number of rotatable bonds is 8. The fourth-order valence-corrected chi connectivity index (χ4v) is 8.98. The number of thiophene rings is 1. The van der Waals surface area contributed by atoms with Crippen molar-refractivity contribution in [3.8, 4) is 39.3 Å². The van der Waals surface area contributed by atoms with Gasteiger partial charge in [-0.15, -0.1) is 17.9 Å². The molecule has 0 spiro atoms. The molecule has 0 saturated heterocycles. The van der Waals surface area contributed by atoms with E-state index in [2.05, 4.69) is 193 Å². The average Bonchev–Trinajstić information content (AvgIpc) is 3.86. The first-order valence-corrected chi connectivity index (χ1v) is 21.3. The van der Waals surface area contributed by atoms with Crippen molar-refractivity contribution >= 4 is 70.8 Å². The van der Waals surface area contributed by atoms with E-state index in [4.69, 9.17) is 4.98 Å². The fraction of sp³-hybridized carbons (Fsp3) is 0.0351. The van der Waals surface area contributed by atoms with Crippen LogP contribution in [0.15, 0.2) is 220 Å². The standard InChI is InChI=1S/C49H33N3S.C5H8.C3H6/c1-2-32-30-46-42(31-45(32)50-37-20-10-5-11-21-37)40-25-26-41-39-23-12-13-24-47(39)53-49(41)48(40)52(46)38-22-14-19-35(27-38)44-29-36(33-15-6-3-7-16-33)28-43(51-44)34-17-8-4-9-18-34;1-3-5-4-2;1-3-2/h2-31,50H,1H2;3-5H,1H2,2H3;3H,1H2,2H3/b;5-4-;. The maximum absolute atomic E-state index is 5.28. The van der Waals surface area contributed by atoms with Gasteiger partial charge in [0.1, 0.15) is 0 Å². The lowest BCUT2D eigenvalue weighted by atomic mass is 10.00. The monoisotopic (exact) mass is 805 g/mol. The molecule has 3 nitrogen and oxygen atoms in total. The van der Waals surface area contributed by atoms with Gasteiger partial charge in [0.2, 0.25) is 0 Å². The first-order valence-electron chi connectivity index (χ1n) is 20.5. The van der Waals surface area contributed by atoms with Crippen molar-refractivity contribution < 1.29 is 0 Å². The summed E-state index contributed by atoms with van der Waals surface area (Å²) in [6, 6.07) is 62.5. The molecule has 3 aromatic heterocycles. The molecule has 0 aliphatic rings. The number of allylic oxidation sites excluding steroid dienone is 4. The fourth-order valence-electron chi connectivity index (χ4n) is 7.73. The molecule has 0 bridgehead atoms. The summed E-state index contributed by atoms with van der Waals surface area (Å²) in [5.41, 5.74) is 12.9. The molecule has 0 unspecified atom stereocenters. The number of pyridine rings is 1. The van der Waals surface area contributed by atoms with Crippen LogP contribution in [0.25, 0.3) is 87.4 Å². The third-order valence-corrected chi connectivity index (χ3v) is 11.6. The highest BCUT2D eigenvalue weighted by Gasteiger charge is 2.20. The van der Waals surface area contributed by atoms with Gasteiger partial charge in [-0.05, 0) is 85.1 Å². The molecular formula is C57H47N3S. The van der Waals surface area contributed by atoms with Crippen LogP contribution in [0.3, 0.4) is 0 Å². The van der Waals surface area contributed by atoms with Crippen molar-refractivity contribution in [3.05, 3.63) is 226 Å². The van der Waals surface area contributed by atoms with Gasteiger partial charge in [0.05, 0.1) is 27.1 Å². The number of para-hydroxylation sites is 1. The topological polar surface area (TPSA) is 29.9 Å². The van der Waals surface area contributed by atoms with Crippen LogP contribution in [-0.2, 0) is 0 Å². The zero-order valence-electron chi connectivity index (χ0n) is 34.6. The lowest BCUT2D eigenvalue weighted by Gasteiger charge is -2.14. The smallest absolute Gasteiger partial charge is 0.0719 e. The molecule has 296 valence electrons. The predicted octanol–water partition coefficient (Wildman–Crippen LogP) is 16.9. The van der Waals surface area contributed by atoms with Crippen LogP contribution in [0.2, 0.25) is 0 Å². The molecule has 0 aliphatic heterocycles. The van der Waals surface area contributed by atoms with Crippen LogP contribution in [0, 0.1) is 0 Å². The number of nitrogens with one attached hydrogen (secondary N) is 1. The molecule has 61 heavy (non-hydrogen) atoms. The Kier molecular flexibility index (Phi) is 12.3. The van der Waals surface area contributed by atoms with Crippen molar-refractivity contribution in [2.75, 3.05) is 5.32 Å². The summed E-state index contributed by atoms with van der Waals surface area (Å²) in [4.78, 5) is 5.28. The number of hydrogen-bond acceptors (Lipinski definition) is 3. The zero-order chi connectivity index (χ0) is 42.1. The zero-order valence-corrected chi connectivity index (χ0v) is 35.4. The minimum absolute atomic E-state index is 0.931. The van der Waals surface area contributed by atoms with E-state index < -0.39 is 0 Å². The van der Waals surface area contributed by atoms with Crippen LogP contribution in [0.1, 0.15) is 19.4 Å². The van der Waals surface area contributed by atoms with Gasteiger partial charge in [0.25, 0.3) is 0 Å². The van der Waals surface area contributed by atoms with E-state index in [9.17, 15) is 0 Å². The van der Waals surface area contributed by atoms with E-state index in [-0.39, 0.29) is 0 Å². The maximum Gasteiger partial charge on any atom is 0.0719 e. The third-order valence-electron chi connectivity index (χ3n) is 10.4. The summed E-state index contributed by atoms with van der Waals surface area (Å²) in [5.74, 6) is 0. The van der Waals surface area contributed by atoms with Crippen LogP contribution in [0.5, 0.6) is 0 Å². The molecule has 1 N–H and O–H groups in total. The second-order valence-corrected chi connectivity index (χ2v) is 15.6. The summed E-state index contributed by atoms with van der Waals surface area (Å²) in [7, 11) is 0. The number of fused-ring (bicyclic) bond motifs is 7. The number of anilines is 2. The summed E-state index contributed by atoms with van der Waals surface area (Å²) >= 11 is 1.86. The minimum atomic E-state index is 0.931. The van der Waals surface area contributed by atoms with E-state index in [1.807, 2.05) is 55.5 Å². The van der Waals surface area contributed by atoms with E-state index in [1.165, 1.54) is 36.5 Å². The largest absolute Gasteiger partial charge is 0.355 e. The molecule has 0 amide bonds. The second kappa shape index (κ2) is 18.6. The predicted molar refractivity (Wildman–Crippen MR) is 268 cm³/mol. The van der Waals surface area contributed by atoms with Crippen molar-refractivity contribution in [1.29, 1.82) is 0 Å². The number of benzene rings is 7. The van der Waals surface area contributed by atoms with Crippen molar-refractivity contribution in [2.45, 2.75) is 13.8 Å². The van der Waals surface area contributed by atoms with Gasteiger partial charge < -0.3 is 9.88 Å². The summed E-state index contributed by atoms with van der Waals surface area (Å²) in [5, 5.41) is 8.63. The average molecular weight is 806 g/mol. The highest BCUT2D eigenvalue weighted by molar-refractivity contribution is 7.26. The molecule has 7 aromatic carbocycles. The Morgan fingerprint density at radius 3 is 1.85 bits per heavy atom. The van der Waals surface area contributed by atoms with Gasteiger partial charge >= 0.3 is 0 Å². The van der Waals surface area contributed by atoms with Gasteiger partial charge in [-0.1, -0.05) is 165 Å². The normalized spacial score (nSPS) is 10.9. The Balaban J connectivity index is 0.000000594. The van der Waals surface area contributed by atoms with E-state index in [1.54, 1.807) is 12.2 Å². The molecule has 0 fully saturated rings. The van der Waals surface area contributed by atoms with Crippen LogP contribution in [0.4, 0.5) is 11.4 Å². The van der Waals surface area contributed by atoms with Crippen LogP contribution < -0.4 is 5.32 Å². The molecule has 0 atom stereocenters. The summed E-state index contributed by atoms with van der Waals surface area (Å²) in [6.45, 7) is 14.9. The van der Waals surface area contributed by atoms with Gasteiger partial charge in [-0.2, -0.15) is 0 Å². The van der Waals surface area contributed by atoms with Gasteiger partial charge in [-0.25, -0.2) is 4.98 Å². The van der Waals surface area contributed by atoms with E-state index in [0.717, 1.165) is 61.8 Å². The second-order valence-electron chi connectivity index (χ2n) is 14.5. The summed E-state index contributed by atoms with van der Waals surface area (Å²) in [6.07, 6.45) is 9.27. The first-order chi connectivity index (χ1) is 30.0. The molecular weight excluding hydrogens is 759 g/mol. The van der Waals surface area contributed by atoms with Crippen LogP contribution >= 0.6 is 11.3 Å². The lowest BCUT2D eigenvalue weighted by molar-refractivity contribution is 1.18. The molecule has 10 rings (SSSR count).